The minimum Gasteiger partial charge on any atom is -0.383 e. The third kappa shape index (κ3) is 6.68. The van der Waals surface area contributed by atoms with Crippen LogP contribution in [0.15, 0.2) is 64.4 Å². The molecular formula is C24H33N3O6S2. The molecule has 0 spiro atoms. The number of carbonyl (C=O) groups is 1. The van der Waals surface area contributed by atoms with E-state index in [4.69, 9.17) is 4.74 Å². The van der Waals surface area contributed by atoms with Gasteiger partial charge in [0.15, 0.2) is 0 Å². The van der Waals surface area contributed by atoms with E-state index in [1.165, 1.54) is 35.7 Å². The van der Waals surface area contributed by atoms with Crippen LogP contribution in [0.1, 0.15) is 32.6 Å². The average molecular weight is 524 g/mol. The molecule has 0 radical (unpaired) electrons. The Morgan fingerprint density at radius 2 is 1.69 bits per heavy atom. The van der Waals surface area contributed by atoms with Crippen LogP contribution in [-0.2, 0) is 29.6 Å². The van der Waals surface area contributed by atoms with Crippen LogP contribution in [0, 0.1) is 0 Å². The normalized spacial score (nSPS) is 17.4. The van der Waals surface area contributed by atoms with Crippen LogP contribution in [0.25, 0.3) is 0 Å². The highest BCUT2D eigenvalue weighted by molar-refractivity contribution is 7.89. The van der Waals surface area contributed by atoms with Crippen molar-refractivity contribution in [2.75, 3.05) is 38.7 Å². The molecule has 1 saturated heterocycles. The number of ether oxygens (including phenoxy) is 1. The summed E-state index contributed by atoms with van der Waals surface area (Å²) >= 11 is 0. The lowest BCUT2D eigenvalue weighted by molar-refractivity contribution is -0.116. The maximum atomic E-state index is 13.3. The first-order chi connectivity index (χ1) is 16.7. The van der Waals surface area contributed by atoms with E-state index in [1.807, 2.05) is 13.0 Å². The highest BCUT2D eigenvalue weighted by Gasteiger charge is 2.33. The van der Waals surface area contributed by atoms with Crippen LogP contribution in [0.4, 0.5) is 5.69 Å². The second kappa shape index (κ2) is 12.1. The number of carbonyl (C=O) groups excluding carboxylic acids is 1. The summed E-state index contributed by atoms with van der Waals surface area (Å²) in [6, 6.07) is 13.9. The van der Waals surface area contributed by atoms with E-state index in [9.17, 15) is 21.6 Å². The number of nitrogens with zero attached hydrogens (tertiary/aromatic N) is 2. The number of amides is 1. The number of para-hydroxylation sites is 1. The predicted octanol–water partition coefficient (Wildman–Crippen LogP) is 2.92. The molecule has 1 heterocycles. The zero-order chi connectivity index (χ0) is 25.5. The van der Waals surface area contributed by atoms with Crippen molar-refractivity contribution in [3.63, 3.8) is 0 Å². The molecular weight excluding hydrogens is 490 g/mol. The summed E-state index contributed by atoms with van der Waals surface area (Å²) in [5.41, 5.74) is 0.555. The van der Waals surface area contributed by atoms with Gasteiger partial charge in [-0.15, -0.1) is 0 Å². The van der Waals surface area contributed by atoms with Gasteiger partial charge >= 0.3 is 0 Å². The summed E-state index contributed by atoms with van der Waals surface area (Å²) in [6.45, 7) is 2.08. The molecule has 0 unspecified atom stereocenters. The molecule has 0 aliphatic carbocycles. The number of anilines is 1. The first-order valence-electron chi connectivity index (χ1n) is 11.7. The molecule has 1 N–H and O–H groups in total. The fourth-order valence-electron chi connectivity index (χ4n) is 4.13. The minimum absolute atomic E-state index is 0.0347. The molecule has 9 nitrogen and oxygen atoms in total. The maximum Gasteiger partial charge on any atom is 0.243 e. The van der Waals surface area contributed by atoms with Crippen molar-refractivity contribution < 1.29 is 26.4 Å². The first-order valence-corrected chi connectivity index (χ1v) is 14.5. The number of nitrogens with one attached hydrogen (secondary N) is 1. The van der Waals surface area contributed by atoms with E-state index in [2.05, 4.69) is 5.32 Å². The van der Waals surface area contributed by atoms with Crippen molar-refractivity contribution in [2.45, 2.75) is 48.4 Å². The van der Waals surface area contributed by atoms with Gasteiger partial charge in [-0.3, -0.25) is 4.79 Å². The van der Waals surface area contributed by atoms with Gasteiger partial charge in [-0.1, -0.05) is 31.5 Å². The number of methoxy groups -OCH3 is 1. The molecule has 3 rings (SSSR count). The SMILES string of the molecule is CC[C@@H]1CCCCN1S(=O)(=O)c1ccc(S(=O)(=O)N(CCOC)CC(=O)Nc2ccccc2)cc1. The molecule has 11 heteroatoms. The van der Waals surface area contributed by atoms with Gasteiger partial charge in [-0.25, -0.2) is 16.8 Å². The van der Waals surface area contributed by atoms with Gasteiger partial charge in [0.2, 0.25) is 26.0 Å². The molecule has 2 aromatic carbocycles. The van der Waals surface area contributed by atoms with Crippen molar-refractivity contribution in [3.05, 3.63) is 54.6 Å². The molecule has 192 valence electrons. The highest BCUT2D eigenvalue weighted by atomic mass is 32.2. The molecule has 35 heavy (non-hydrogen) atoms. The molecule has 1 aliphatic rings. The Morgan fingerprint density at radius 1 is 1.03 bits per heavy atom. The summed E-state index contributed by atoms with van der Waals surface area (Å²) in [4.78, 5) is 12.5. The van der Waals surface area contributed by atoms with E-state index in [0.717, 1.165) is 30.0 Å². The second-order valence-electron chi connectivity index (χ2n) is 8.39. The molecule has 1 aliphatic heterocycles. The van der Waals surface area contributed by atoms with Gasteiger partial charge < -0.3 is 10.1 Å². The number of hydrogen-bond acceptors (Lipinski definition) is 6. The predicted molar refractivity (Wildman–Crippen MR) is 134 cm³/mol. The van der Waals surface area contributed by atoms with Crippen LogP contribution in [0.2, 0.25) is 0 Å². The third-order valence-electron chi connectivity index (χ3n) is 6.03. The molecule has 1 fully saturated rings. The molecule has 0 aromatic heterocycles. The van der Waals surface area contributed by atoms with Gasteiger partial charge in [-0.05, 0) is 55.7 Å². The Balaban J connectivity index is 1.80. The van der Waals surface area contributed by atoms with Crippen molar-refractivity contribution in [3.8, 4) is 0 Å². The lowest BCUT2D eigenvalue weighted by Crippen LogP contribution is -2.43. The van der Waals surface area contributed by atoms with Crippen molar-refractivity contribution in [2.24, 2.45) is 0 Å². The summed E-state index contributed by atoms with van der Waals surface area (Å²) in [7, 11) is -6.37. The lowest BCUT2D eigenvalue weighted by Gasteiger charge is -2.34. The Labute approximate surface area is 208 Å². The van der Waals surface area contributed by atoms with Gasteiger partial charge in [0.1, 0.15) is 0 Å². The largest absolute Gasteiger partial charge is 0.383 e. The standard InChI is InChI=1S/C24H33N3O6S2/c1-3-21-11-7-8-16-27(21)35(31,32)23-14-12-22(13-15-23)34(29,30)26(17-18-33-2)19-24(28)25-20-9-5-4-6-10-20/h4-6,9-10,12-15,21H,3,7-8,11,16-19H2,1-2H3,(H,25,28)/t21-/m1/s1. The summed E-state index contributed by atoms with van der Waals surface area (Å²) in [6.07, 6.45) is 3.35. The van der Waals surface area contributed by atoms with Gasteiger partial charge in [-0.2, -0.15) is 8.61 Å². The Bertz CT molecular complexity index is 1190. The number of rotatable bonds is 11. The quantitative estimate of drug-likeness (QED) is 0.485. The Hall–Kier alpha value is -2.31. The molecule has 0 bridgehead atoms. The minimum atomic E-state index is -4.08. The van der Waals surface area contributed by atoms with Gasteiger partial charge in [0.05, 0.1) is 22.9 Å². The van der Waals surface area contributed by atoms with Crippen molar-refractivity contribution in [1.29, 1.82) is 0 Å². The van der Waals surface area contributed by atoms with Gasteiger partial charge in [0, 0.05) is 31.9 Å². The topological polar surface area (TPSA) is 113 Å². The lowest BCUT2D eigenvalue weighted by atomic mass is 10.0. The van der Waals surface area contributed by atoms with Crippen molar-refractivity contribution >= 4 is 31.6 Å². The number of hydrogen-bond donors (Lipinski definition) is 1. The van der Waals surface area contributed by atoms with E-state index in [-0.39, 0.29) is 29.0 Å². The van der Waals surface area contributed by atoms with E-state index in [1.54, 1.807) is 24.3 Å². The smallest absolute Gasteiger partial charge is 0.243 e. The van der Waals surface area contributed by atoms with Crippen LogP contribution >= 0.6 is 0 Å². The van der Waals surface area contributed by atoms with Crippen LogP contribution in [0.5, 0.6) is 0 Å². The average Bonchev–Trinajstić information content (AvgIpc) is 2.87. The van der Waals surface area contributed by atoms with E-state index in [0.29, 0.717) is 12.2 Å². The number of sulfonamides is 2. The fraction of sp³-hybridized carbons (Fsp3) is 0.458. The van der Waals surface area contributed by atoms with Crippen molar-refractivity contribution in [1.82, 2.24) is 8.61 Å². The molecule has 2 aromatic rings. The van der Waals surface area contributed by atoms with Crippen LogP contribution < -0.4 is 5.32 Å². The summed E-state index contributed by atoms with van der Waals surface area (Å²) in [5, 5.41) is 2.68. The molecule has 0 saturated carbocycles. The second-order valence-corrected chi connectivity index (χ2v) is 12.2. The highest BCUT2D eigenvalue weighted by Crippen LogP contribution is 2.28. The van der Waals surface area contributed by atoms with E-state index >= 15 is 0 Å². The third-order valence-corrected chi connectivity index (χ3v) is 9.86. The Morgan fingerprint density at radius 3 is 2.31 bits per heavy atom. The van der Waals surface area contributed by atoms with Crippen LogP contribution in [0.3, 0.4) is 0 Å². The number of benzene rings is 2. The zero-order valence-electron chi connectivity index (χ0n) is 20.1. The van der Waals surface area contributed by atoms with E-state index < -0.39 is 32.5 Å². The maximum absolute atomic E-state index is 13.3. The monoisotopic (exact) mass is 523 g/mol. The number of piperidine rings is 1. The van der Waals surface area contributed by atoms with Crippen LogP contribution in [-0.4, -0.2) is 70.7 Å². The first kappa shape index (κ1) is 27.3. The Kier molecular flexibility index (Phi) is 9.42. The fourth-order valence-corrected chi connectivity index (χ4v) is 7.27. The summed E-state index contributed by atoms with van der Waals surface area (Å²) in [5.74, 6) is -0.495. The van der Waals surface area contributed by atoms with Gasteiger partial charge in [0.25, 0.3) is 0 Å². The molecule has 1 atom stereocenters. The molecule has 1 amide bonds. The zero-order valence-corrected chi connectivity index (χ0v) is 21.7. The summed E-state index contributed by atoms with van der Waals surface area (Å²) < 4.78 is 60.6.